The van der Waals surface area contributed by atoms with Gasteiger partial charge in [0.15, 0.2) is 0 Å². The van der Waals surface area contributed by atoms with Crippen molar-refractivity contribution in [1.29, 1.82) is 0 Å². The Balaban J connectivity index is 2.94. The number of nitrogens with zero attached hydrogens (tertiary/aromatic N) is 3. The van der Waals surface area contributed by atoms with Crippen molar-refractivity contribution in [2.24, 2.45) is 0 Å². The van der Waals surface area contributed by atoms with Gasteiger partial charge in [-0.3, -0.25) is 24.8 Å². The minimum Gasteiger partial charge on any atom is -0.468 e. The third kappa shape index (κ3) is 3.72. The number of likely N-dealkylation sites (N-methyl/N-ethyl adjacent to an activating group) is 1. The number of aromatic nitrogens is 1. The molecule has 0 bridgehead atoms. The summed E-state index contributed by atoms with van der Waals surface area (Å²) in [7, 11) is 3.04. The van der Waals surface area contributed by atoms with Crippen molar-refractivity contribution in [3.05, 3.63) is 33.1 Å². The fourth-order valence-electron chi connectivity index (χ4n) is 1.80. The van der Waals surface area contributed by atoms with Crippen LogP contribution in [0, 0.1) is 24.0 Å². The van der Waals surface area contributed by atoms with E-state index < -0.39 is 4.92 Å². The molecule has 0 fully saturated rings. The third-order valence-electron chi connectivity index (χ3n) is 2.80. The molecule has 0 radical (unpaired) electrons. The average molecular weight is 267 g/mol. The molecule has 7 heteroatoms. The number of aryl methyl sites for hydroxylation is 1. The molecule has 0 amide bonds. The number of pyridine rings is 1. The zero-order valence-electron chi connectivity index (χ0n) is 11.5. The molecule has 0 aliphatic carbocycles. The summed E-state index contributed by atoms with van der Waals surface area (Å²) in [6.45, 7) is 3.78. The van der Waals surface area contributed by atoms with E-state index in [4.69, 9.17) is 0 Å². The number of ether oxygens (including phenoxy) is 1. The normalized spacial score (nSPS) is 10.6. The molecule has 104 valence electrons. The number of methoxy groups -OCH3 is 1. The summed E-state index contributed by atoms with van der Waals surface area (Å²) in [6, 6.07) is 0. The molecular weight excluding hydrogens is 250 g/mol. The van der Waals surface area contributed by atoms with Gasteiger partial charge < -0.3 is 4.74 Å². The molecule has 19 heavy (non-hydrogen) atoms. The Hall–Kier alpha value is -2.02. The van der Waals surface area contributed by atoms with Crippen molar-refractivity contribution >= 4 is 11.7 Å². The van der Waals surface area contributed by atoms with Crippen LogP contribution in [-0.2, 0) is 16.1 Å². The molecule has 7 nitrogen and oxygen atoms in total. The van der Waals surface area contributed by atoms with E-state index >= 15 is 0 Å². The van der Waals surface area contributed by atoms with Crippen LogP contribution in [0.4, 0.5) is 5.69 Å². The second-order valence-electron chi connectivity index (χ2n) is 4.37. The van der Waals surface area contributed by atoms with Crippen LogP contribution in [0.3, 0.4) is 0 Å². The summed E-state index contributed by atoms with van der Waals surface area (Å²) >= 11 is 0. The van der Waals surface area contributed by atoms with Crippen LogP contribution in [0.2, 0.25) is 0 Å². The lowest BCUT2D eigenvalue weighted by atomic mass is 10.1. The van der Waals surface area contributed by atoms with Gasteiger partial charge in [-0.05, 0) is 20.9 Å². The Morgan fingerprint density at radius 3 is 2.68 bits per heavy atom. The predicted octanol–water partition coefficient (Wildman–Crippen LogP) is 1.21. The van der Waals surface area contributed by atoms with Crippen LogP contribution in [-0.4, -0.2) is 41.5 Å². The number of carbonyl (C=O) groups excluding carboxylic acids is 1. The van der Waals surface area contributed by atoms with Crippen LogP contribution in [0.1, 0.15) is 16.8 Å². The lowest BCUT2D eigenvalue weighted by molar-refractivity contribution is -0.386. The van der Waals surface area contributed by atoms with Crippen LogP contribution in [0.25, 0.3) is 0 Å². The SMILES string of the molecule is COC(=O)CN(C)Cc1ncc(C)c([N+](=O)[O-])c1C. The molecule has 0 aliphatic heterocycles. The molecule has 0 saturated heterocycles. The van der Waals surface area contributed by atoms with Gasteiger partial charge in [0, 0.05) is 23.9 Å². The van der Waals surface area contributed by atoms with E-state index in [0.717, 1.165) is 0 Å². The summed E-state index contributed by atoms with van der Waals surface area (Å²) in [5.41, 5.74) is 1.73. The van der Waals surface area contributed by atoms with Gasteiger partial charge in [0.25, 0.3) is 5.69 Å². The highest BCUT2D eigenvalue weighted by Crippen LogP contribution is 2.24. The monoisotopic (exact) mass is 267 g/mol. The van der Waals surface area contributed by atoms with Crippen molar-refractivity contribution in [2.45, 2.75) is 20.4 Å². The molecule has 0 N–H and O–H groups in total. The largest absolute Gasteiger partial charge is 0.468 e. The molecule has 1 aromatic heterocycles. The van der Waals surface area contributed by atoms with Gasteiger partial charge in [-0.15, -0.1) is 0 Å². The minimum atomic E-state index is -0.407. The summed E-state index contributed by atoms with van der Waals surface area (Å²) in [6.07, 6.45) is 1.48. The summed E-state index contributed by atoms with van der Waals surface area (Å²) in [4.78, 5) is 27.6. The first-order valence-corrected chi connectivity index (χ1v) is 5.71. The quantitative estimate of drug-likeness (QED) is 0.453. The van der Waals surface area contributed by atoms with Crippen molar-refractivity contribution < 1.29 is 14.5 Å². The smallest absolute Gasteiger partial charge is 0.319 e. The maximum absolute atomic E-state index is 11.1. The molecule has 0 unspecified atom stereocenters. The van der Waals surface area contributed by atoms with E-state index in [-0.39, 0.29) is 18.2 Å². The topological polar surface area (TPSA) is 85.6 Å². The van der Waals surface area contributed by atoms with E-state index in [1.807, 2.05) is 0 Å². The van der Waals surface area contributed by atoms with Crippen LogP contribution >= 0.6 is 0 Å². The summed E-state index contributed by atoms with van der Waals surface area (Å²) in [5, 5.41) is 11.0. The zero-order chi connectivity index (χ0) is 14.6. The van der Waals surface area contributed by atoms with Crippen molar-refractivity contribution in [3.8, 4) is 0 Å². The lowest BCUT2D eigenvalue weighted by Gasteiger charge is -2.16. The van der Waals surface area contributed by atoms with E-state index in [1.54, 1.807) is 25.8 Å². The molecule has 0 aliphatic rings. The van der Waals surface area contributed by atoms with Gasteiger partial charge in [-0.1, -0.05) is 0 Å². The Labute approximate surface area is 111 Å². The predicted molar refractivity (Wildman–Crippen MR) is 68.7 cm³/mol. The summed E-state index contributed by atoms with van der Waals surface area (Å²) < 4.78 is 4.56. The zero-order valence-corrected chi connectivity index (χ0v) is 11.5. The standard InChI is InChI=1S/C12H17N3O4/c1-8-5-13-10(9(2)12(8)15(17)18)6-14(3)7-11(16)19-4/h5H,6-7H2,1-4H3. The maximum Gasteiger partial charge on any atom is 0.319 e. The first kappa shape index (κ1) is 15.0. The van der Waals surface area contributed by atoms with E-state index in [9.17, 15) is 14.9 Å². The fraction of sp³-hybridized carbons (Fsp3) is 0.500. The highest BCUT2D eigenvalue weighted by molar-refractivity contribution is 5.71. The molecular formula is C12H17N3O4. The Kier molecular flexibility index (Phi) is 4.94. The number of esters is 1. The third-order valence-corrected chi connectivity index (χ3v) is 2.80. The van der Waals surface area contributed by atoms with Crippen LogP contribution in [0.5, 0.6) is 0 Å². The van der Waals surface area contributed by atoms with Crippen molar-refractivity contribution in [1.82, 2.24) is 9.88 Å². The first-order valence-electron chi connectivity index (χ1n) is 5.71. The highest BCUT2D eigenvalue weighted by atomic mass is 16.6. The number of hydrogen-bond acceptors (Lipinski definition) is 6. The molecule has 1 rings (SSSR count). The number of nitro groups is 1. The molecule has 1 aromatic rings. The second-order valence-corrected chi connectivity index (χ2v) is 4.37. The lowest BCUT2D eigenvalue weighted by Crippen LogP contribution is -2.27. The number of hydrogen-bond donors (Lipinski definition) is 0. The van der Waals surface area contributed by atoms with Gasteiger partial charge >= 0.3 is 5.97 Å². The van der Waals surface area contributed by atoms with E-state index in [1.165, 1.54) is 13.3 Å². The average Bonchev–Trinajstić information content (AvgIpc) is 2.32. The van der Waals surface area contributed by atoms with Crippen molar-refractivity contribution in [2.75, 3.05) is 20.7 Å². The van der Waals surface area contributed by atoms with Crippen molar-refractivity contribution in [3.63, 3.8) is 0 Å². The van der Waals surface area contributed by atoms with E-state index in [2.05, 4.69) is 9.72 Å². The highest BCUT2D eigenvalue weighted by Gasteiger charge is 2.19. The molecule has 0 saturated carbocycles. The van der Waals surface area contributed by atoms with Gasteiger partial charge in [-0.25, -0.2) is 0 Å². The van der Waals surface area contributed by atoms with Crippen LogP contribution < -0.4 is 0 Å². The Morgan fingerprint density at radius 2 is 2.16 bits per heavy atom. The molecule has 0 spiro atoms. The van der Waals surface area contributed by atoms with E-state index in [0.29, 0.717) is 23.4 Å². The number of rotatable bonds is 5. The van der Waals surface area contributed by atoms with Gasteiger partial charge in [0.1, 0.15) is 0 Å². The first-order chi connectivity index (χ1) is 8.86. The summed E-state index contributed by atoms with van der Waals surface area (Å²) in [5.74, 6) is -0.359. The van der Waals surface area contributed by atoms with Gasteiger partial charge in [0.2, 0.25) is 0 Å². The van der Waals surface area contributed by atoms with Gasteiger partial charge in [-0.2, -0.15) is 0 Å². The minimum absolute atomic E-state index is 0.0801. The Morgan fingerprint density at radius 1 is 1.53 bits per heavy atom. The molecule has 1 heterocycles. The van der Waals surface area contributed by atoms with Crippen LogP contribution in [0.15, 0.2) is 6.20 Å². The van der Waals surface area contributed by atoms with Gasteiger partial charge in [0.05, 0.1) is 24.3 Å². The second kappa shape index (κ2) is 6.24. The molecule has 0 aromatic carbocycles. The maximum atomic E-state index is 11.1. The Bertz CT molecular complexity index is 502. The number of carbonyl (C=O) groups is 1. The molecule has 0 atom stereocenters. The fourth-order valence-corrected chi connectivity index (χ4v) is 1.80.